The monoisotopic (exact) mass is 540 g/mol. The van der Waals surface area contributed by atoms with Crippen LogP contribution in [0.15, 0.2) is 48.5 Å². The molecule has 3 fully saturated rings. The molecule has 0 aromatic heterocycles. The highest BCUT2D eigenvalue weighted by Crippen LogP contribution is 2.23. The minimum absolute atomic E-state index is 0.000705. The Hall–Kier alpha value is -3.21. The number of hydrogen-bond acceptors (Lipinski definition) is 6. The Morgan fingerprint density at radius 3 is 2.54 bits per heavy atom. The van der Waals surface area contributed by atoms with Gasteiger partial charge in [0.1, 0.15) is 11.6 Å². The number of benzene rings is 2. The summed E-state index contributed by atoms with van der Waals surface area (Å²) in [6, 6.07) is 11.8. The second kappa shape index (κ2) is 12.3. The number of rotatable bonds is 8. The predicted molar refractivity (Wildman–Crippen MR) is 139 cm³/mol. The number of ketones is 1. The lowest BCUT2D eigenvalue weighted by Gasteiger charge is -2.41. The molecule has 10 heteroatoms. The van der Waals surface area contributed by atoms with Gasteiger partial charge in [-0.05, 0) is 74.3 Å². The molecule has 3 aliphatic heterocycles. The van der Waals surface area contributed by atoms with Crippen LogP contribution in [0.4, 0.5) is 8.78 Å². The van der Waals surface area contributed by atoms with E-state index in [1.54, 1.807) is 17.0 Å². The largest absolute Gasteiger partial charge is 0.381 e. The molecule has 3 saturated heterocycles. The zero-order valence-corrected chi connectivity index (χ0v) is 21.8. The Kier molecular flexibility index (Phi) is 8.64. The molecule has 2 aromatic rings. The van der Waals surface area contributed by atoms with Crippen LogP contribution in [0.5, 0.6) is 0 Å². The van der Waals surface area contributed by atoms with Crippen molar-refractivity contribution in [1.82, 2.24) is 20.4 Å². The number of piperidine rings is 1. The summed E-state index contributed by atoms with van der Waals surface area (Å²) in [6.45, 7) is 2.74. The molecule has 3 unspecified atom stereocenters. The number of halogens is 2. The molecule has 0 saturated carbocycles. The number of nitrogens with zero attached hydrogens (tertiary/aromatic N) is 2. The molecule has 5 rings (SSSR count). The highest BCUT2D eigenvalue weighted by Gasteiger charge is 2.39. The Bertz CT molecular complexity index is 1190. The number of carbonyl (C=O) groups excluding carboxylic acids is 3. The first-order valence-electron chi connectivity index (χ1n) is 13.5. The number of likely N-dealkylation sites (tertiary alicyclic amines) is 1. The van der Waals surface area contributed by atoms with Crippen LogP contribution in [0.3, 0.4) is 0 Å². The fourth-order valence-electron chi connectivity index (χ4n) is 5.70. The van der Waals surface area contributed by atoms with E-state index in [4.69, 9.17) is 4.74 Å². The summed E-state index contributed by atoms with van der Waals surface area (Å²) in [5, 5.41) is 6.42. The van der Waals surface area contributed by atoms with Crippen LogP contribution in [0.2, 0.25) is 0 Å². The second-order valence-electron chi connectivity index (χ2n) is 10.6. The van der Waals surface area contributed by atoms with Crippen molar-refractivity contribution in [2.45, 2.75) is 38.0 Å². The average molecular weight is 541 g/mol. The highest BCUT2D eigenvalue weighted by molar-refractivity contribution is 5.97. The summed E-state index contributed by atoms with van der Waals surface area (Å²) in [7, 11) is 0. The smallest absolute Gasteiger partial charge is 0.237 e. The molecule has 0 bridgehead atoms. The Labute approximate surface area is 226 Å². The third-order valence-electron chi connectivity index (χ3n) is 7.89. The summed E-state index contributed by atoms with van der Waals surface area (Å²) < 4.78 is 32.6. The molecular weight excluding hydrogens is 506 g/mol. The van der Waals surface area contributed by atoms with Crippen molar-refractivity contribution < 1.29 is 27.9 Å². The van der Waals surface area contributed by atoms with Crippen molar-refractivity contribution in [3.63, 3.8) is 0 Å². The van der Waals surface area contributed by atoms with Gasteiger partial charge >= 0.3 is 0 Å². The molecule has 0 spiro atoms. The molecular formula is C29H34F2N4O4. The van der Waals surface area contributed by atoms with Crippen LogP contribution in [0.1, 0.15) is 35.2 Å². The summed E-state index contributed by atoms with van der Waals surface area (Å²) >= 11 is 0. The molecule has 39 heavy (non-hydrogen) atoms. The van der Waals surface area contributed by atoms with Crippen LogP contribution in [-0.4, -0.2) is 79.0 Å². The molecule has 8 nitrogen and oxygen atoms in total. The Morgan fingerprint density at radius 1 is 1.03 bits per heavy atom. The van der Waals surface area contributed by atoms with E-state index in [0.29, 0.717) is 50.3 Å². The standard InChI is InChI=1S/C29H34F2N4O4/c30-22-6-4-20(5-7-22)28(37)21-8-11-34(12-9-21)17-27(36)35(15-19-2-1-3-23(31)14-19)16-26-32-25-10-13-39-18-24(25)29(38)33-26/h1-7,14,21,24-26,32H,8-13,15-18H2,(H,33,38). The Morgan fingerprint density at radius 2 is 1.79 bits per heavy atom. The first-order chi connectivity index (χ1) is 18.9. The van der Waals surface area contributed by atoms with E-state index in [1.807, 2.05) is 4.90 Å². The van der Waals surface area contributed by atoms with Crippen molar-refractivity contribution in [3.8, 4) is 0 Å². The van der Waals surface area contributed by atoms with Gasteiger partial charge in [0.05, 0.1) is 31.8 Å². The van der Waals surface area contributed by atoms with Gasteiger partial charge in [-0.2, -0.15) is 0 Å². The molecule has 0 radical (unpaired) electrons. The van der Waals surface area contributed by atoms with E-state index >= 15 is 0 Å². The van der Waals surface area contributed by atoms with Gasteiger partial charge in [-0.1, -0.05) is 12.1 Å². The van der Waals surface area contributed by atoms with Crippen LogP contribution in [0.25, 0.3) is 0 Å². The quantitative estimate of drug-likeness (QED) is 0.500. The minimum Gasteiger partial charge on any atom is -0.381 e. The Balaban J connectivity index is 1.21. The van der Waals surface area contributed by atoms with Crippen LogP contribution < -0.4 is 10.6 Å². The maximum absolute atomic E-state index is 13.9. The van der Waals surface area contributed by atoms with Gasteiger partial charge in [0, 0.05) is 30.7 Å². The first-order valence-corrected chi connectivity index (χ1v) is 13.5. The van der Waals surface area contributed by atoms with Crippen molar-refractivity contribution in [2.75, 3.05) is 39.4 Å². The van der Waals surface area contributed by atoms with E-state index < -0.39 is 6.17 Å². The maximum Gasteiger partial charge on any atom is 0.237 e. The van der Waals surface area contributed by atoms with Crippen molar-refractivity contribution >= 4 is 17.6 Å². The van der Waals surface area contributed by atoms with Gasteiger partial charge in [-0.15, -0.1) is 0 Å². The molecule has 0 aliphatic carbocycles. The maximum atomic E-state index is 13.9. The molecule has 3 atom stereocenters. The lowest BCUT2D eigenvalue weighted by Crippen LogP contribution is -2.66. The molecule has 208 valence electrons. The summed E-state index contributed by atoms with van der Waals surface area (Å²) in [5.74, 6) is -1.39. The number of hydrogen-bond donors (Lipinski definition) is 2. The molecule has 2 N–H and O–H groups in total. The summed E-state index contributed by atoms with van der Waals surface area (Å²) in [5.41, 5.74) is 1.17. The second-order valence-corrected chi connectivity index (χ2v) is 10.6. The summed E-state index contributed by atoms with van der Waals surface area (Å²) in [6.07, 6.45) is 1.52. The molecule has 2 aromatic carbocycles. The number of carbonyl (C=O) groups is 3. The van der Waals surface area contributed by atoms with E-state index in [1.165, 1.54) is 36.4 Å². The van der Waals surface area contributed by atoms with Crippen molar-refractivity contribution in [1.29, 1.82) is 0 Å². The molecule has 3 heterocycles. The van der Waals surface area contributed by atoms with E-state index in [9.17, 15) is 23.2 Å². The van der Waals surface area contributed by atoms with Crippen LogP contribution in [-0.2, 0) is 20.9 Å². The highest BCUT2D eigenvalue weighted by atomic mass is 19.1. The fraction of sp³-hybridized carbons (Fsp3) is 0.483. The van der Waals surface area contributed by atoms with Crippen LogP contribution >= 0.6 is 0 Å². The zero-order chi connectivity index (χ0) is 27.4. The van der Waals surface area contributed by atoms with E-state index in [-0.39, 0.29) is 66.7 Å². The molecule has 3 aliphatic rings. The average Bonchev–Trinajstić information content (AvgIpc) is 2.93. The first kappa shape index (κ1) is 27.4. The number of amides is 2. The van der Waals surface area contributed by atoms with Crippen molar-refractivity contribution in [3.05, 3.63) is 71.3 Å². The van der Waals surface area contributed by atoms with Crippen LogP contribution in [0, 0.1) is 23.5 Å². The van der Waals surface area contributed by atoms with Gasteiger partial charge in [-0.25, -0.2) is 8.78 Å². The minimum atomic E-state index is -0.423. The van der Waals surface area contributed by atoms with Gasteiger partial charge < -0.3 is 15.0 Å². The predicted octanol–water partition coefficient (Wildman–Crippen LogP) is 2.34. The number of nitrogens with one attached hydrogen (secondary N) is 2. The van der Waals surface area contributed by atoms with Gasteiger partial charge in [0.25, 0.3) is 0 Å². The lowest BCUT2D eigenvalue weighted by molar-refractivity contribution is -0.139. The molecule has 2 amide bonds. The zero-order valence-electron chi connectivity index (χ0n) is 21.8. The topological polar surface area (TPSA) is 91.0 Å². The third-order valence-corrected chi connectivity index (χ3v) is 7.89. The van der Waals surface area contributed by atoms with E-state index in [0.717, 1.165) is 6.42 Å². The number of Topliss-reactive ketones (excluding diaryl/α,β-unsaturated/α-hetero) is 1. The normalized spacial score (nSPS) is 24.1. The third kappa shape index (κ3) is 6.87. The summed E-state index contributed by atoms with van der Waals surface area (Å²) in [4.78, 5) is 42.7. The SMILES string of the molecule is O=C(c1ccc(F)cc1)C1CCN(CC(=O)N(Cc2cccc(F)c2)CC2NC(=O)C3COCCC3N2)CC1. The van der Waals surface area contributed by atoms with Gasteiger partial charge in [0.2, 0.25) is 11.8 Å². The lowest BCUT2D eigenvalue weighted by atomic mass is 9.89. The fourth-order valence-corrected chi connectivity index (χ4v) is 5.70. The number of ether oxygens (including phenoxy) is 1. The van der Waals surface area contributed by atoms with Gasteiger partial charge in [0.15, 0.2) is 5.78 Å². The van der Waals surface area contributed by atoms with Gasteiger partial charge in [-0.3, -0.25) is 24.6 Å². The number of fused-ring (bicyclic) bond motifs is 1. The van der Waals surface area contributed by atoms with Crippen molar-refractivity contribution in [2.24, 2.45) is 11.8 Å². The van der Waals surface area contributed by atoms with E-state index in [2.05, 4.69) is 10.6 Å².